The quantitative estimate of drug-likeness (QED) is 0.742. The molecule has 7 heteroatoms. The van der Waals surface area contributed by atoms with Gasteiger partial charge in [0.25, 0.3) is 5.91 Å². The summed E-state index contributed by atoms with van der Waals surface area (Å²) in [6.45, 7) is 0.133. The summed E-state index contributed by atoms with van der Waals surface area (Å²) in [6.07, 6.45) is 1.89. The van der Waals surface area contributed by atoms with E-state index in [0.717, 1.165) is 12.8 Å². The fraction of sp³-hybridized carbons (Fsp3) is 0.400. The van der Waals surface area contributed by atoms with Crippen LogP contribution in [0.1, 0.15) is 29.6 Å². The van der Waals surface area contributed by atoms with E-state index in [2.05, 4.69) is 10.6 Å². The number of urea groups is 1. The van der Waals surface area contributed by atoms with Gasteiger partial charge in [0.15, 0.2) is 0 Å². The third kappa shape index (κ3) is 4.76. The van der Waals surface area contributed by atoms with Crippen LogP contribution in [0.2, 0.25) is 0 Å². The second-order valence-corrected chi connectivity index (χ2v) is 5.32. The van der Waals surface area contributed by atoms with Crippen LogP contribution >= 0.6 is 0 Å². The van der Waals surface area contributed by atoms with Crippen molar-refractivity contribution in [1.29, 1.82) is 0 Å². The van der Waals surface area contributed by atoms with Crippen LogP contribution in [-0.2, 0) is 4.79 Å². The Morgan fingerprint density at radius 2 is 2.05 bits per heavy atom. The second-order valence-electron chi connectivity index (χ2n) is 5.32. The Balaban J connectivity index is 1.95. The molecule has 22 heavy (non-hydrogen) atoms. The van der Waals surface area contributed by atoms with Gasteiger partial charge in [-0.25, -0.2) is 4.79 Å². The van der Waals surface area contributed by atoms with Gasteiger partial charge in [-0.2, -0.15) is 0 Å². The molecule has 118 valence electrons. The number of carbonyl (C=O) groups excluding carboxylic acids is 2. The lowest BCUT2D eigenvalue weighted by Crippen LogP contribution is -2.31. The molecule has 0 spiro atoms. The first-order valence-corrected chi connectivity index (χ1v) is 7.10. The predicted molar refractivity (Wildman–Crippen MR) is 80.8 cm³/mol. The van der Waals surface area contributed by atoms with Crippen LogP contribution in [0.25, 0.3) is 0 Å². The fourth-order valence-corrected chi connectivity index (χ4v) is 1.90. The Kier molecular flexibility index (Phi) is 4.98. The molecule has 1 aromatic carbocycles. The van der Waals surface area contributed by atoms with Crippen molar-refractivity contribution in [2.45, 2.75) is 25.3 Å². The number of carboxylic acids is 1. The number of rotatable bonds is 6. The summed E-state index contributed by atoms with van der Waals surface area (Å²) in [5.41, 5.74) is 0.924. The summed E-state index contributed by atoms with van der Waals surface area (Å²) in [5, 5.41) is 14.1. The first-order valence-electron chi connectivity index (χ1n) is 7.10. The zero-order chi connectivity index (χ0) is 16.1. The van der Waals surface area contributed by atoms with Crippen molar-refractivity contribution in [1.82, 2.24) is 10.2 Å². The Hall–Kier alpha value is -2.57. The molecule has 1 aliphatic carbocycles. The minimum atomic E-state index is -0.952. The van der Waals surface area contributed by atoms with E-state index in [1.807, 2.05) is 0 Å². The van der Waals surface area contributed by atoms with Crippen molar-refractivity contribution in [3.05, 3.63) is 29.8 Å². The van der Waals surface area contributed by atoms with Gasteiger partial charge in [0.2, 0.25) is 0 Å². The molecule has 0 heterocycles. The fourth-order valence-electron chi connectivity index (χ4n) is 1.90. The summed E-state index contributed by atoms with van der Waals surface area (Å²) in [7, 11) is 1.55. The van der Waals surface area contributed by atoms with Crippen molar-refractivity contribution in [3.63, 3.8) is 0 Å². The van der Waals surface area contributed by atoms with Crippen molar-refractivity contribution in [2.75, 3.05) is 18.9 Å². The molecule has 2 rings (SSSR count). The molecule has 0 radical (unpaired) electrons. The van der Waals surface area contributed by atoms with Crippen molar-refractivity contribution >= 4 is 23.6 Å². The number of nitrogens with one attached hydrogen (secondary N) is 2. The number of hydrogen-bond acceptors (Lipinski definition) is 3. The Bertz CT molecular complexity index is 584. The number of benzene rings is 1. The minimum Gasteiger partial charge on any atom is -0.481 e. The minimum absolute atomic E-state index is 0.107. The van der Waals surface area contributed by atoms with Gasteiger partial charge in [-0.3, -0.25) is 9.59 Å². The van der Waals surface area contributed by atoms with Crippen LogP contribution in [0.3, 0.4) is 0 Å². The van der Waals surface area contributed by atoms with Crippen molar-refractivity contribution < 1.29 is 19.5 Å². The van der Waals surface area contributed by atoms with Crippen molar-refractivity contribution in [2.24, 2.45) is 0 Å². The summed E-state index contributed by atoms with van der Waals surface area (Å²) >= 11 is 0. The average Bonchev–Trinajstić information content (AvgIpc) is 3.27. The first kappa shape index (κ1) is 15.8. The topological polar surface area (TPSA) is 98.7 Å². The average molecular weight is 305 g/mol. The number of carboxylic acid groups (broad SMARTS) is 1. The molecule has 0 aliphatic heterocycles. The van der Waals surface area contributed by atoms with E-state index >= 15 is 0 Å². The van der Waals surface area contributed by atoms with E-state index in [1.165, 1.54) is 4.90 Å². The lowest BCUT2D eigenvalue weighted by atomic mass is 10.1. The predicted octanol–water partition coefficient (Wildman–Crippen LogP) is 1.52. The van der Waals surface area contributed by atoms with Gasteiger partial charge in [0, 0.05) is 30.9 Å². The highest BCUT2D eigenvalue weighted by Gasteiger charge is 2.23. The molecule has 1 saturated carbocycles. The molecule has 3 amide bonds. The molecule has 1 fully saturated rings. The zero-order valence-corrected chi connectivity index (χ0v) is 12.3. The number of amides is 3. The SMILES string of the molecule is CN(CCC(=O)O)C(=O)c1cccc(NC(=O)NC2CC2)c1. The molecule has 0 unspecified atom stereocenters. The van der Waals surface area contributed by atoms with E-state index in [1.54, 1.807) is 31.3 Å². The van der Waals surface area contributed by atoms with E-state index < -0.39 is 5.97 Å². The third-order valence-electron chi connectivity index (χ3n) is 3.29. The monoisotopic (exact) mass is 305 g/mol. The Morgan fingerprint density at radius 3 is 2.68 bits per heavy atom. The van der Waals surface area contributed by atoms with Crippen LogP contribution < -0.4 is 10.6 Å². The summed E-state index contributed by atoms with van der Waals surface area (Å²) in [6, 6.07) is 6.54. The molecular weight excluding hydrogens is 286 g/mol. The highest BCUT2D eigenvalue weighted by Crippen LogP contribution is 2.19. The van der Waals surface area contributed by atoms with Gasteiger partial charge in [-0.05, 0) is 31.0 Å². The maximum Gasteiger partial charge on any atom is 0.319 e. The lowest BCUT2D eigenvalue weighted by molar-refractivity contribution is -0.137. The van der Waals surface area contributed by atoms with Gasteiger partial charge in [0.1, 0.15) is 0 Å². The van der Waals surface area contributed by atoms with Gasteiger partial charge < -0.3 is 20.6 Å². The van der Waals surface area contributed by atoms with Crippen molar-refractivity contribution in [3.8, 4) is 0 Å². The Morgan fingerprint density at radius 1 is 1.32 bits per heavy atom. The van der Waals surface area contributed by atoms with E-state index in [0.29, 0.717) is 11.3 Å². The van der Waals surface area contributed by atoms with Gasteiger partial charge in [-0.15, -0.1) is 0 Å². The smallest absolute Gasteiger partial charge is 0.319 e. The Labute approximate surface area is 128 Å². The lowest BCUT2D eigenvalue weighted by Gasteiger charge is -2.16. The molecule has 1 aliphatic rings. The van der Waals surface area contributed by atoms with E-state index in [-0.39, 0.29) is 30.9 Å². The standard InChI is InChI=1S/C15H19N3O4/c1-18(8-7-13(19)20)14(21)10-3-2-4-12(9-10)17-15(22)16-11-5-6-11/h2-4,9,11H,5-8H2,1H3,(H,19,20)(H2,16,17,22). The summed E-state index contributed by atoms with van der Waals surface area (Å²) in [4.78, 5) is 35.7. The molecule has 1 aromatic rings. The first-order chi connectivity index (χ1) is 10.5. The van der Waals surface area contributed by atoms with Crippen LogP contribution in [0.15, 0.2) is 24.3 Å². The van der Waals surface area contributed by atoms with Crippen LogP contribution in [0, 0.1) is 0 Å². The molecule has 0 saturated heterocycles. The van der Waals surface area contributed by atoms with Gasteiger partial charge >= 0.3 is 12.0 Å². The number of carbonyl (C=O) groups is 3. The highest BCUT2D eigenvalue weighted by molar-refractivity contribution is 5.97. The molecule has 0 aromatic heterocycles. The maximum absolute atomic E-state index is 12.2. The van der Waals surface area contributed by atoms with Crippen LogP contribution in [0.5, 0.6) is 0 Å². The molecule has 0 atom stereocenters. The van der Waals surface area contributed by atoms with Gasteiger partial charge in [0.05, 0.1) is 6.42 Å². The van der Waals surface area contributed by atoms with Crippen LogP contribution in [0.4, 0.5) is 10.5 Å². The molecular formula is C15H19N3O4. The summed E-state index contributed by atoms with van der Waals surface area (Å²) in [5.74, 6) is -1.24. The third-order valence-corrected chi connectivity index (χ3v) is 3.29. The number of nitrogens with zero attached hydrogens (tertiary/aromatic N) is 1. The molecule has 0 bridgehead atoms. The van der Waals surface area contributed by atoms with Crippen LogP contribution in [-0.4, -0.2) is 47.5 Å². The maximum atomic E-state index is 12.2. The molecule has 3 N–H and O–H groups in total. The van der Waals surface area contributed by atoms with E-state index in [9.17, 15) is 14.4 Å². The zero-order valence-electron chi connectivity index (χ0n) is 12.3. The number of anilines is 1. The molecule has 7 nitrogen and oxygen atoms in total. The normalized spacial score (nSPS) is 13.3. The highest BCUT2D eigenvalue weighted by atomic mass is 16.4. The second kappa shape index (κ2) is 6.93. The summed E-state index contributed by atoms with van der Waals surface area (Å²) < 4.78 is 0. The van der Waals surface area contributed by atoms with E-state index in [4.69, 9.17) is 5.11 Å². The number of hydrogen-bond donors (Lipinski definition) is 3. The largest absolute Gasteiger partial charge is 0.481 e. The number of aliphatic carboxylic acids is 1. The van der Waals surface area contributed by atoms with Gasteiger partial charge in [-0.1, -0.05) is 6.07 Å².